The molecule has 0 aliphatic carbocycles. The highest BCUT2D eigenvalue weighted by Crippen LogP contribution is 2.44. The van der Waals surface area contributed by atoms with E-state index in [4.69, 9.17) is 25.2 Å². The molecule has 1 heterocycles. The van der Waals surface area contributed by atoms with Gasteiger partial charge in [0, 0.05) is 18.5 Å². The van der Waals surface area contributed by atoms with Crippen LogP contribution in [0.1, 0.15) is 29.5 Å². The Morgan fingerprint density at radius 1 is 1.05 bits per heavy atom. The van der Waals surface area contributed by atoms with Gasteiger partial charge in [-0.2, -0.15) is 18.4 Å². The van der Waals surface area contributed by atoms with Crippen molar-refractivity contribution >= 4 is 17.6 Å². The van der Waals surface area contributed by atoms with Gasteiger partial charge in [0.05, 0.1) is 48.0 Å². The molecule has 1 aliphatic heterocycles. The molecule has 0 bridgehead atoms. The molecule has 0 amide bonds. The molecule has 0 radical (unpaired) electrons. The molecule has 0 saturated heterocycles. The van der Waals surface area contributed by atoms with Gasteiger partial charge in [-0.1, -0.05) is 18.2 Å². The summed E-state index contributed by atoms with van der Waals surface area (Å²) >= 11 is 0. The molecule has 37 heavy (non-hydrogen) atoms. The highest BCUT2D eigenvalue weighted by molar-refractivity contribution is 6.01. The Balaban J connectivity index is 2.29. The van der Waals surface area contributed by atoms with Crippen molar-refractivity contribution in [3.05, 3.63) is 87.9 Å². The third kappa shape index (κ3) is 5.59. The van der Waals surface area contributed by atoms with Gasteiger partial charge >= 0.3 is 18.1 Å². The number of nitrogens with zero attached hydrogens (tertiary/aromatic N) is 2. The molecule has 8 nitrogen and oxygen atoms in total. The largest absolute Gasteiger partial charge is 0.466 e. The van der Waals surface area contributed by atoms with E-state index >= 15 is 0 Å². The number of carbonyl (C=O) groups excluding carboxylic acids is 2. The van der Waals surface area contributed by atoms with Gasteiger partial charge in [-0.25, -0.2) is 9.59 Å². The number of hydrogen-bond acceptors (Lipinski definition) is 8. The number of carbonyl (C=O) groups is 2. The molecule has 194 valence electrons. The fourth-order valence-electron chi connectivity index (χ4n) is 4.05. The number of methoxy groups -OCH3 is 2. The summed E-state index contributed by atoms with van der Waals surface area (Å²) in [5.41, 5.74) is 6.20. The number of anilines is 1. The van der Waals surface area contributed by atoms with Crippen LogP contribution in [0.5, 0.6) is 0 Å². The van der Waals surface area contributed by atoms with Crippen LogP contribution < -0.4 is 10.6 Å². The molecular weight excluding hydrogens is 491 g/mol. The van der Waals surface area contributed by atoms with Crippen molar-refractivity contribution in [1.29, 1.82) is 5.26 Å². The molecule has 1 aliphatic rings. The first-order valence-corrected chi connectivity index (χ1v) is 11.0. The average molecular weight is 515 g/mol. The molecule has 11 heteroatoms. The molecular formula is C26H24F3N3O5. The summed E-state index contributed by atoms with van der Waals surface area (Å²) in [4.78, 5) is 27.5. The fraction of sp³-hybridized carbons (Fsp3) is 0.269. The summed E-state index contributed by atoms with van der Waals surface area (Å²) in [6, 6.07) is 12.4. The number of benzene rings is 2. The number of nitriles is 1. The third-order valence-electron chi connectivity index (χ3n) is 5.77. The number of allylic oxidation sites excluding steroid dienone is 1. The van der Waals surface area contributed by atoms with Crippen molar-refractivity contribution in [1.82, 2.24) is 0 Å². The van der Waals surface area contributed by atoms with Crippen LogP contribution in [0.4, 0.5) is 18.9 Å². The Morgan fingerprint density at radius 2 is 1.73 bits per heavy atom. The minimum Gasteiger partial charge on any atom is -0.466 e. The van der Waals surface area contributed by atoms with Gasteiger partial charge in [0.2, 0.25) is 0 Å². The lowest BCUT2D eigenvalue weighted by Crippen LogP contribution is -2.39. The Morgan fingerprint density at radius 3 is 2.30 bits per heavy atom. The summed E-state index contributed by atoms with van der Waals surface area (Å²) in [6.07, 6.45) is -4.64. The topological polar surface area (TPSA) is 115 Å². The maximum atomic E-state index is 13.5. The maximum absolute atomic E-state index is 13.5. The highest BCUT2D eigenvalue weighted by Gasteiger charge is 2.42. The summed E-state index contributed by atoms with van der Waals surface area (Å²) in [6.45, 7) is 1.44. The summed E-state index contributed by atoms with van der Waals surface area (Å²) in [7, 11) is 2.56. The standard InChI is InChI=1S/C26H24F3N3O5/c1-15-20(24(33)36-3)21(17-9-7-16(14-30)8-10-17)22(25(34)37-12-11-35-2)23(31)32(15)19-6-4-5-18(13-19)26(27,28)29/h4-10,13,21H,11-12,31H2,1-3H3. The average Bonchev–Trinajstić information content (AvgIpc) is 2.87. The Labute approximate surface area is 211 Å². The van der Waals surface area contributed by atoms with Gasteiger partial charge in [-0.05, 0) is 42.8 Å². The van der Waals surface area contributed by atoms with Crippen LogP contribution in [0.2, 0.25) is 0 Å². The second-order valence-corrected chi connectivity index (χ2v) is 7.97. The second-order valence-electron chi connectivity index (χ2n) is 7.97. The van der Waals surface area contributed by atoms with Crippen molar-refractivity contribution < 1.29 is 37.0 Å². The van der Waals surface area contributed by atoms with Gasteiger partial charge in [0.1, 0.15) is 12.4 Å². The van der Waals surface area contributed by atoms with Gasteiger partial charge in [0.25, 0.3) is 0 Å². The van der Waals surface area contributed by atoms with E-state index in [1.54, 1.807) is 12.1 Å². The first-order chi connectivity index (χ1) is 17.5. The predicted molar refractivity (Wildman–Crippen MR) is 127 cm³/mol. The van der Waals surface area contributed by atoms with E-state index in [0.717, 1.165) is 19.2 Å². The third-order valence-corrected chi connectivity index (χ3v) is 5.77. The van der Waals surface area contributed by atoms with E-state index in [9.17, 15) is 22.8 Å². The molecule has 0 aromatic heterocycles. The van der Waals surface area contributed by atoms with E-state index in [-0.39, 0.29) is 41.6 Å². The zero-order valence-corrected chi connectivity index (χ0v) is 20.3. The molecule has 3 rings (SSSR count). The van der Waals surface area contributed by atoms with E-state index < -0.39 is 29.6 Å². The Hall–Kier alpha value is -4.30. The summed E-state index contributed by atoms with van der Waals surface area (Å²) < 4.78 is 55.6. The number of nitrogens with two attached hydrogens (primary N) is 1. The number of hydrogen-bond donors (Lipinski definition) is 1. The normalized spacial score (nSPS) is 15.9. The van der Waals surface area contributed by atoms with Crippen LogP contribution in [0, 0.1) is 11.3 Å². The highest BCUT2D eigenvalue weighted by atomic mass is 19.4. The maximum Gasteiger partial charge on any atom is 0.416 e. The zero-order valence-electron chi connectivity index (χ0n) is 20.3. The summed E-state index contributed by atoms with van der Waals surface area (Å²) in [5.74, 6) is -3.02. The first kappa shape index (κ1) is 27.3. The van der Waals surface area contributed by atoms with Crippen LogP contribution in [0.25, 0.3) is 0 Å². The van der Waals surface area contributed by atoms with E-state index in [0.29, 0.717) is 11.1 Å². The van der Waals surface area contributed by atoms with E-state index in [1.807, 2.05) is 6.07 Å². The molecule has 1 unspecified atom stereocenters. The van der Waals surface area contributed by atoms with Gasteiger partial charge in [0.15, 0.2) is 0 Å². The van der Waals surface area contributed by atoms with Crippen LogP contribution in [0.3, 0.4) is 0 Å². The SMILES string of the molecule is COCCOC(=O)C1=C(N)N(c2cccc(C(F)(F)F)c2)C(C)=C(C(=O)OC)C1c1ccc(C#N)cc1. The minimum atomic E-state index is -4.64. The van der Waals surface area contributed by atoms with E-state index in [1.165, 1.54) is 43.2 Å². The lowest BCUT2D eigenvalue weighted by atomic mass is 9.80. The first-order valence-electron chi connectivity index (χ1n) is 11.0. The Kier molecular flexibility index (Phi) is 8.24. The van der Waals surface area contributed by atoms with Crippen LogP contribution in [-0.4, -0.2) is 39.4 Å². The van der Waals surface area contributed by atoms with Crippen molar-refractivity contribution in [2.75, 3.05) is 32.3 Å². The molecule has 2 N–H and O–H groups in total. The number of rotatable bonds is 7. The van der Waals surface area contributed by atoms with Crippen LogP contribution >= 0.6 is 0 Å². The van der Waals surface area contributed by atoms with Crippen molar-refractivity contribution in [2.45, 2.75) is 19.0 Å². The minimum absolute atomic E-state index is 0.0216. The second kappa shape index (κ2) is 11.2. The summed E-state index contributed by atoms with van der Waals surface area (Å²) in [5, 5.41) is 9.17. The van der Waals surface area contributed by atoms with E-state index in [2.05, 4.69) is 0 Å². The lowest BCUT2D eigenvalue weighted by molar-refractivity contribution is -0.141. The molecule has 0 saturated carbocycles. The van der Waals surface area contributed by atoms with Crippen LogP contribution in [0.15, 0.2) is 71.2 Å². The molecule has 0 fully saturated rings. The van der Waals surface area contributed by atoms with Crippen molar-refractivity contribution in [3.8, 4) is 6.07 Å². The van der Waals surface area contributed by atoms with Crippen molar-refractivity contribution in [3.63, 3.8) is 0 Å². The van der Waals surface area contributed by atoms with Crippen LogP contribution in [-0.2, 0) is 30.0 Å². The zero-order chi connectivity index (χ0) is 27.3. The molecule has 2 aromatic carbocycles. The van der Waals surface area contributed by atoms with Gasteiger partial charge < -0.3 is 24.8 Å². The van der Waals surface area contributed by atoms with Gasteiger partial charge in [-0.3, -0.25) is 0 Å². The monoisotopic (exact) mass is 515 g/mol. The molecule has 1 atom stereocenters. The fourth-order valence-corrected chi connectivity index (χ4v) is 4.05. The predicted octanol–water partition coefficient (Wildman–Crippen LogP) is 3.99. The number of ether oxygens (including phenoxy) is 3. The van der Waals surface area contributed by atoms with Gasteiger partial charge in [-0.15, -0.1) is 0 Å². The number of alkyl halides is 3. The lowest BCUT2D eigenvalue weighted by Gasteiger charge is -2.37. The number of esters is 2. The smallest absolute Gasteiger partial charge is 0.416 e. The number of halogens is 3. The molecule has 0 spiro atoms. The quantitative estimate of drug-likeness (QED) is 0.435. The Bertz CT molecular complexity index is 1290. The van der Waals surface area contributed by atoms with Crippen molar-refractivity contribution in [2.24, 2.45) is 5.73 Å². The molecule has 2 aromatic rings.